The fraction of sp³-hybridized carbons (Fsp3) is 0.231. The fourth-order valence-corrected chi connectivity index (χ4v) is 4.26. The number of thiazole rings is 1. The van der Waals surface area contributed by atoms with Crippen LogP contribution in [0.4, 0.5) is 5.13 Å². The van der Waals surface area contributed by atoms with Crippen LogP contribution in [0, 0.1) is 6.92 Å². The first-order valence-corrected chi connectivity index (χ1v) is 8.85. The second-order valence-electron chi connectivity index (χ2n) is 4.64. The van der Waals surface area contributed by atoms with Crippen LogP contribution in [0.15, 0.2) is 37.8 Å². The molecule has 0 bridgehead atoms. The number of nitrogens with one attached hydrogen (secondary N) is 1. The zero-order chi connectivity index (χ0) is 15.9. The molecule has 0 aliphatic rings. The molecule has 1 aromatic carbocycles. The summed E-state index contributed by atoms with van der Waals surface area (Å²) in [6, 6.07) is 3.01. The maximum atomic E-state index is 12.5. The Bertz CT molecular complexity index is 984. The van der Waals surface area contributed by atoms with Crippen molar-refractivity contribution in [3.05, 3.63) is 39.8 Å². The predicted molar refractivity (Wildman–Crippen MR) is 83.8 cm³/mol. The topological polar surface area (TPSA) is 94.2 Å². The van der Waals surface area contributed by atoms with Crippen LogP contribution >= 0.6 is 11.3 Å². The molecule has 0 aliphatic carbocycles. The third-order valence-electron chi connectivity index (χ3n) is 3.22. The number of sulfonamides is 1. The van der Waals surface area contributed by atoms with Crippen molar-refractivity contribution in [2.24, 2.45) is 0 Å². The number of benzene rings is 1. The highest BCUT2D eigenvalue weighted by molar-refractivity contribution is 7.93. The molecule has 22 heavy (non-hydrogen) atoms. The van der Waals surface area contributed by atoms with Gasteiger partial charge < -0.3 is 4.42 Å². The number of hydrogen-bond donors (Lipinski definition) is 1. The molecule has 7 nitrogen and oxygen atoms in total. The molecule has 3 rings (SSSR count). The average Bonchev–Trinajstić information content (AvgIpc) is 3.04. The summed E-state index contributed by atoms with van der Waals surface area (Å²) in [6.45, 7) is 3.95. The van der Waals surface area contributed by atoms with Crippen molar-refractivity contribution in [2.75, 3.05) is 4.72 Å². The Morgan fingerprint density at radius 2 is 2.18 bits per heavy atom. The number of aryl methyl sites for hydroxylation is 2. The first-order chi connectivity index (χ1) is 10.4. The van der Waals surface area contributed by atoms with Gasteiger partial charge in [0, 0.05) is 24.2 Å². The van der Waals surface area contributed by atoms with Gasteiger partial charge >= 0.3 is 5.76 Å². The van der Waals surface area contributed by atoms with Crippen LogP contribution in [0.1, 0.15) is 12.5 Å². The number of anilines is 1. The summed E-state index contributed by atoms with van der Waals surface area (Å²) < 4.78 is 33.9. The lowest BCUT2D eigenvalue weighted by atomic mass is 10.2. The van der Waals surface area contributed by atoms with Crippen LogP contribution < -0.4 is 10.5 Å². The van der Waals surface area contributed by atoms with E-state index in [4.69, 9.17) is 4.42 Å². The van der Waals surface area contributed by atoms with Gasteiger partial charge in [-0.3, -0.25) is 9.29 Å². The van der Waals surface area contributed by atoms with Gasteiger partial charge in [-0.05, 0) is 25.5 Å². The molecule has 1 N–H and O–H groups in total. The maximum absolute atomic E-state index is 12.5. The Kier molecular flexibility index (Phi) is 3.53. The zero-order valence-corrected chi connectivity index (χ0v) is 13.5. The Labute approximate surface area is 130 Å². The minimum absolute atomic E-state index is 0.0622. The minimum atomic E-state index is -3.79. The lowest BCUT2D eigenvalue weighted by Crippen LogP contribution is -2.14. The van der Waals surface area contributed by atoms with Gasteiger partial charge in [0.25, 0.3) is 10.0 Å². The molecule has 9 heteroatoms. The number of fused-ring (bicyclic) bond motifs is 1. The molecule has 0 saturated heterocycles. The zero-order valence-electron chi connectivity index (χ0n) is 11.9. The van der Waals surface area contributed by atoms with E-state index in [9.17, 15) is 13.2 Å². The summed E-state index contributed by atoms with van der Waals surface area (Å²) in [5, 5.41) is 1.96. The highest BCUT2D eigenvalue weighted by Crippen LogP contribution is 2.25. The van der Waals surface area contributed by atoms with Crippen molar-refractivity contribution in [3.8, 4) is 0 Å². The van der Waals surface area contributed by atoms with Crippen molar-refractivity contribution >= 4 is 37.6 Å². The van der Waals surface area contributed by atoms with E-state index in [1.807, 2.05) is 6.92 Å². The molecule has 2 aromatic heterocycles. The van der Waals surface area contributed by atoms with Gasteiger partial charge in [-0.25, -0.2) is 18.2 Å². The molecular weight excluding hydrogens is 326 g/mol. The molecule has 2 heterocycles. The maximum Gasteiger partial charge on any atom is 0.419 e. The molecule has 0 atom stereocenters. The largest absolute Gasteiger partial charge is 0.419 e. The van der Waals surface area contributed by atoms with Crippen molar-refractivity contribution in [2.45, 2.75) is 25.3 Å². The molecule has 0 spiro atoms. The Morgan fingerprint density at radius 1 is 1.41 bits per heavy atom. The van der Waals surface area contributed by atoms with Crippen LogP contribution in [-0.4, -0.2) is 18.0 Å². The monoisotopic (exact) mass is 339 g/mol. The first kappa shape index (κ1) is 14.8. The van der Waals surface area contributed by atoms with Crippen LogP contribution in [-0.2, 0) is 16.6 Å². The van der Waals surface area contributed by atoms with E-state index in [1.165, 1.54) is 28.2 Å². The quantitative estimate of drug-likeness (QED) is 0.786. The van der Waals surface area contributed by atoms with Gasteiger partial charge in [-0.2, -0.15) is 0 Å². The van der Waals surface area contributed by atoms with Gasteiger partial charge in [0.05, 0.1) is 10.4 Å². The molecule has 116 valence electrons. The highest BCUT2D eigenvalue weighted by atomic mass is 32.2. The molecule has 0 fully saturated rings. The van der Waals surface area contributed by atoms with Crippen molar-refractivity contribution in [3.63, 3.8) is 0 Å². The summed E-state index contributed by atoms with van der Waals surface area (Å²) in [5.74, 6) is -0.501. The first-order valence-electron chi connectivity index (χ1n) is 6.48. The SMILES string of the molecule is CCn1c(=O)oc2cc(S(=O)(=O)Nc3nccs3)c(C)cc21. The Balaban J connectivity index is 2.15. The molecule has 0 radical (unpaired) electrons. The Hall–Kier alpha value is -2.13. The van der Waals surface area contributed by atoms with Gasteiger partial charge in [0.1, 0.15) is 0 Å². The minimum Gasteiger partial charge on any atom is -0.408 e. The van der Waals surface area contributed by atoms with Crippen LogP contribution in [0.2, 0.25) is 0 Å². The number of hydrogen-bond acceptors (Lipinski definition) is 6. The van der Waals surface area contributed by atoms with Gasteiger partial charge in [-0.15, -0.1) is 11.3 Å². The predicted octanol–water partition coefficient (Wildman–Crippen LogP) is 2.18. The second-order valence-corrected chi connectivity index (χ2v) is 7.19. The summed E-state index contributed by atoms with van der Waals surface area (Å²) >= 11 is 1.19. The van der Waals surface area contributed by atoms with Gasteiger partial charge in [-0.1, -0.05) is 0 Å². The summed E-state index contributed by atoms with van der Waals surface area (Å²) in [4.78, 5) is 15.7. The van der Waals surface area contributed by atoms with Crippen molar-refractivity contribution in [1.82, 2.24) is 9.55 Å². The highest BCUT2D eigenvalue weighted by Gasteiger charge is 2.21. The number of oxazole rings is 1. The third-order valence-corrected chi connectivity index (χ3v) is 5.52. The molecule has 0 saturated carbocycles. The lowest BCUT2D eigenvalue weighted by Gasteiger charge is -2.08. The Morgan fingerprint density at radius 3 is 2.82 bits per heavy atom. The normalized spacial score (nSPS) is 11.9. The van der Waals surface area contributed by atoms with E-state index in [-0.39, 0.29) is 15.6 Å². The van der Waals surface area contributed by atoms with Crippen LogP contribution in [0.25, 0.3) is 11.1 Å². The summed E-state index contributed by atoms with van der Waals surface area (Å²) in [7, 11) is -3.79. The number of rotatable bonds is 4. The fourth-order valence-electron chi connectivity index (χ4n) is 2.23. The molecule has 0 unspecified atom stereocenters. The van der Waals surface area contributed by atoms with E-state index < -0.39 is 15.8 Å². The number of nitrogens with zero attached hydrogens (tertiary/aromatic N) is 2. The number of aromatic nitrogens is 2. The lowest BCUT2D eigenvalue weighted by molar-refractivity contribution is 0.512. The smallest absolute Gasteiger partial charge is 0.408 e. The summed E-state index contributed by atoms with van der Waals surface area (Å²) in [6.07, 6.45) is 1.51. The second kappa shape index (κ2) is 5.25. The van der Waals surface area contributed by atoms with Gasteiger partial charge in [0.15, 0.2) is 10.7 Å². The molecule has 0 aliphatic heterocycles. The summed E-state index contributed by atoms with van der Waals surface area (Å²) in [5.41, 5.74) is 1.36. The van der Waals surface area contributed by atoms with Crippen LogP contribution in [0.5, 0.6) is 0 Å². The van der Waals surface area contributed by atoms with Crippen LogP contribution in [0.3, 0.4) is 0 Å². The average molecular weight is 339 g/mol. The van der Waals surface area contributed by atoms with E-state index >= 15 is 0 Å². The van der Waals surface area contributed by atoms with E-state index in [2.05, 4.69) is 9.71 Å². The third kappa shape index (κ3) is 2.42. The van der Waals surface area contributed by atoms with E-state index in [1.54, 1.807) is 18.4 Å². The molecule has 0 amide bonds. The van der Waals surface area contributed by atoms with E-state index in [0.29, 0.717) is 17.6 Å². The van der Waals surface area contributed by atoms with Gasteiger partial charge in [0.2, 0.25) is 0 Å². The van der Waals surface area contributed by atoms with E-state index in [0.717, 1.165) is 0 Å². The van der Waals surface area contributed by atoms with Crippen molar-refractivity contribution in [1.29, 1.82) is 0 Å². The standard InChI is InChI=1S/C13H13N3O4S2/c1-3-16-9-6-8(2)11(7-10(9)20-13(16)17)22(18,19)15-12-14-4-5-21-12/h4-7H,3H2,1-2H3,(H,14,15). The molecule has 3 aromatic rings. The van der Waals surface area contributed by atoms with Crippen molar-refractivity contribution < 1.29 is 12.8 Å². The molecular formula is C13H13N3O4S2.